The van der Waals surface area contributed by atoms with E-state index in [0.717, 1.165) is 0 Å². The Balaban J connectivity index is 2.84. The van der Waals surface area contributed by atoms with Gasteiger partial charge in [-0.1, -0.05) is 6.07 Å². The van der Waals surface area contributed by atoms with Gasteiger partial charge in [-0.25, -0.2) is 0 Å². The molecule has 0 spiro atoms. The number of nitriles is 1. The van der Waals surface area contributed by atoms with E-state index in [-0.39, 0.29) is 17.1 Å². The molecule has 0 unspecified atom stereocenters. The number of amides is 1. The summed E-state index contributed by atoms with van der Waals surface area (Å²) in [6.45, 7) is 0.652. The molecule has 19 heavy (non-hydrogen) atoms. The Labute approximate surface area is 110 Å². The molecule has 3 N–H and O–H groups in total. The number of hydrogen-bond donors (Lipinski definition) is 3. The molecule has 0 aliphatic rings. The maximum atomic E-state index is 11.6. The summed E-state index contributed by atoms with van der Waals surface area (Å²) in [5.41, 5.74) is 0.343. The fourth-order valence-electron chi connectivity index (χ4n) is 1.31. The quantitative estimate of drug-likeness (QED) is 0.315. The topological polar surface area (TPSA) is 103 Å². The van der Waals surface area contributed by atoms with Crippen LogP contribution in [0.4, 0.5) is 0 Å². The average molecular weight is 262 g/mol. The third kappa shape index (κ3) is 4.33. The second-order valence-electron chi connectivity index (χ2n) is 3.67. The first-order valence-electron chi connectivity index (χ1n) is 5.49. The highest BCUT2D eigenvalue weighted by atomic mass is 16.5. The van der Waals surface area contributed by atoms with Gasteiger partial charge in [0, 0.05) is 13.7 Å². The number of nitrogens with zero attached hydrogens (tertiary/aromatic N) is 1. The maximum absolute atomic E-state index is 11.6. The normalized spacial score (nSPS) is 10.8. The molecule has 6 nitrogen and oxygen atoms in total. The fourth-order valence-corrected chi connectivity index (χ4v) is 1.31. The Morgan fingerprint density at radius 1 is 1.47 bits per heavy atom. The Hall–Kier alpha value is -2.52. The van der Waals surface area contributed by atoms with Crippen molar-refractivity contribution < 1.29 is 19.7 Å². The first-order chi connectivity index (χ1) is 9.08. The van der Waals surface area contributed by atoms with Crippen LogP contribution in [0, 0.1) is 11.3 Å². The number of ether oxygens (including phenoxy) is 1. The summed E-state index contributed by atoms with van der Waals surface area (Å²) in [5.74, 6) is -1.10. The molecule has 6 heteroatoms. The molecule has 0 atom stereocenters. The molecule has 1 rings (SSSR count). The van der Waals surface area contributed by atoms with Crippen molar-refractivity contribution in [2.24, 2.45) is 0 Å². The number of aromatic hydroxyl groups is 2. The lowest BCUT2D eigenvalue weighted by molar-refractivity contribution is -0.117. The highest BCUT2D eigenvalue weighted by Gasteiger charge is 2.08. The van der Waals surface area contributed by atoms with Gasteiger partial charge in [-0.05, 0) is 23.8 Å². The minimum absolute atomic E-state index is 0.0961. The highest BCUT2D eigenvalue weighted by molar-refractivity contribution is 6.01. The van der Waals surface area contributed by atoms with E-state index in [9.17, 15) is 9.90 Å². The van der Waals surface area contributed by atoms with Crippen molar-refractivity contribution in [1.82, 2.24) is 5.32 Å². The molecule has 0 aromatic heterocycles. The van der Waals surface area contributed by atoms with Gasteiger partial charge < -0.3 is 20.3 Å². The Morgan fingerprint density at radius 3 is 2.79 bits per heavy atom. The van der Waals surface area contributed by atoms with E-state index in [1.807, 2.05) is 0 Å². The molecule has 0 aliphatic carbocycles. The number of methoxy groups -OCH3 is 1. The van der Waals surface area contributed by atoms with Crippen molar-refractivity contribution in [3.8, 4) is 17.6 Å². The van der Waals surface area contributed by atoms with Gasteiger partial charge >= 0.3 is 0 Å². The number of carbonyl (C=O) groups is 1. The summed E-state index contributed by atoms with van der Waals surface area (Å²) >= 11 is 0. The first-order valence-corrected chi connectivity index (χ1v) is 5.49. The average Bonchev–Trinajstić information content (AvgIpc) is 2.40. The fraction of sp³-hybridized carbons (Fsp3) is 0.231. The number of phenols is 2. The lowest BCUT2D eigenvalue weighted by atomic mass is 10.1. The summed E-state index contributed by atoms with van der Waals surface area (Å²) < 4.78 is 4.77. The predicted octanol–water partition coefficient (Wildman–Crippen LogP) is 0.767. The second-order valence-corrected chi connectivity index (χ2v) is 3.67. The van der Waals surface area contributed by atoms with E-state index >= 15 is 0 Å². The van der Waals surface area contributed by atoms with E-state index in [2.05, 4.69) is 5.32 Å². The third-order valence-corrected chi connectivity index (χ3v) is 2.27. The van der Waals surface area contributed by atoms with Crippen LogP contribution in [0.1, 0.15) is 5.56 Å². The summed E-state index contributed by atoms with van der Waals surface area (Å²) in [7, 11) is 1.51. The van der Waals surface area contributed by atoms with Gasteiger partial charge in [0.2, 0.25) is 0 Å². The van der Waals surface area contributed by atoms with Gasteiger partial charge in [0.25, 0.3) is 5.91 Å². The molecular formula is C13H14N2O4. The van der Waals surface area contributed by atoms with Crippen LogP contribution in [0.2, 0.25) is 0 Å². The van der Waals surface area contributed by atoms with Crippen molar-refractivity contribution in [1.29, 1.82) is 5.26 Å². The van der Waals surface area contributed by atoms with Crippen molar-refractivity contribution >= 4 is 12.0 Å². The summed E-state index contributed by atoms with van der Waals surface area (Å²) in [4.78, 5) is 11.6. The zero-order valence-corrected chi connectivity index (χ0v) is 10.4. The van der Waals surface area contributed by atoms with E-state index in [1.54, 1.807) is 6.07 Å². The Kier molecular flexibility index (Phi) is 5.38. The molecule has 1 aromatic carbocycles. The van der Waals surface area contributed by atoms with Crippen LogP contribution in [0.15, 0.2) is 23.8 Å². The van der Waals surface area contributed by atoms with Gasteiger partial charge in [0.05, 0.1) is 6.61 Å². The molecular weight excluding hydrogens is 248 g/mol. The first kappa shape index (κ1) is 14.5. The molecule has 0 saturated heterocycles. The van der Waals surface area contributed by atoms with Crippen LogP contribution in [0.3, 0.4) is 0 Å². The van der Waals surface area contributed by atoms with E-state index in [4.69, 9.17) is 15.1 Å². The van der Waals surface area contributed by atoms with Crippen LogP contribution < -0.4 is 5.32 Å². The third-order valence-electron chi connectivity index (χ3n) is 2.27. The van der Waals surface area contributed by atoms with Gasteiger partial charge in [-0.2, -0.15) is 5.26 Å². The lowest BCUT2D eigenvalue weighted by Crippen LogP contribution is -2.27. The summed E-state index contributed by atoms with van der Waals surface area (Å²) in [6.07, 6.45) is 1.32. The van der Waals surface area contributed by atoms with Crippen LogP contribution in [-0.2, 0) is 9.53 Å². The molecule has 0 bridgehead atoms. The van der Waals surface area contributed by atoms with Gasteiger partial charge in [0.15, 0.2) is 11.5 Å². The number of phenolic OH excluding ortho intramolecular Hbond substituents is 2. The van der Waals surface area contributed by atoms with Crippen LogP contribution in [0.5, 0.6) is 11.5 Å². The van der Waals surface area contributed by atoms with E-state index in [0.29, 0.717) is 18.7 Å². The summed E-state index contributed by atoms with van der Waals surface area (Å²) in [6, 6.07) is 5.79. The summed E-state index contributed by atoms with van der Waals surface area (Å²) in [5, 5.41) is 29.9. The smallest absolute Gasteiger partial charge is 0.262 e. The number of hydrogen-bond acceptors (Lipinski definition) is 5. The predicted molar refractivity (Wildman–Crippen MR) is 68.2 cm³/mol. The largest absolute Gasteiger partial charge is 0.504 e. The van der Waals surface area contributed by atoms with Crippen LogP contribution in [0.25, 0.3) is 6.08 Å². The number of benzene rings is 1. The number of carbonyl (C=O) groups excluding carboxylic acids is 1. The van der Waals surface area contributed by atoms with Crippen molar-refractivity contribution in [2.75, 3.05) is 20.3 Å². The molecule has 0 saturated carbocycles. The van der Waals surface area contributed by atoms with E-state index < -0.39 is 5.91 Å². The molecule has 1 aromatic rings. The standard InChI is InChI=1S/C13H14N2O4/c1-19-5-4-15-13(18)10(8-14)6-9-2-3-11(16)12(17)7-9/h2-3,6-7,16-17H,4-5H2,1H3,(H,15,18)/b10-6+. The molecule has 0 aliphatic heterocycles. The van der Waals surface area contributed by atoms with Crippen molar-refractivity contribution in [2.45, 2.75) is 0 Å². The number of rotatable bonds is 5. The molecule has 0 heterocycles. The van der Waals surface area contributed by atoms with Crippen molar-refractivity contribution in [3.63, 3.8) is 0 Å². The minimum Gasteiger partial charge on any atom is -0.504 e. The Bertz CT molecular complexity index is 532. The van der Waals surface area contributed by atoms with Gasteiger partial charge in [-0.3, -0.25) is 4.79 Å². The maximum Gasteiger partial charge on any atom is 0.262 e. The zero-order valence-electron chi connectivity index (χ0n) is 10.4. The van der Waals surface area contributed by atoms with E-state index in [1.165, 1.54) is 31.4 Å². The monoisotopic (exact) mass is 262 g/mol. The second kappa shape index (κ2) is 7.03. The lowest BCUT2D eigenvalue weighted by Gasteiger charge is -2.03. The van der Waals surface area contributed by atoms with Crippen LogP contribution in [-0.4, -0.2) is 36.4 Å². The zero-order chi connectivity index (χ0) is 14.3. The molecule has 1 amide bonds. The highest BCUT2D eigenvalue weighted by Crippen LogP contribution is 2.25. The van der Waals surface area contributed by atoms with Crippen LogP contribution >= 0.6 is 0 Å². The van der Waals surface area contributed by atoms with Gasteiger partial charge in [-0.15, -0.1) is 0 Å². The molecule has 0 fully saturated rings. The Morgan fingerprint density at radius 2 is 2.21 bits per heavy atom. The minimum atomic E-state index is -0.521. The van der Waals surface area contributed by atoms with Gasteiger partial charge in [0.1, 0.15) is 11.6 Å². The number of nitrogens with one attached hydrogen (secondary N) is 1. The SMILES string of the molecule is COCCNC(=O)/C(C#N)=C/c1ccc(O)c(O)c1. The molecule has 0 radical (unpaired) electrons. The molecule has 100 valence electrons. The van der Waals surface area contributed by atoms with Crippen molar-refractivity contribution in [3.05, 3.63) is 29.3 Å².